The number of anilines is 1. The van der Waals surface area contributed by atoms with Crippen LogP contribution in [0.3, 0.4) is 0 Å². The highest BCUT2D eigenvalue weighted by Gasteiger charge is 2.44. The van der Waals surface area contributed by atoms with Crippen molar-refractivity contribution in [1.29, 1.82) is 5.26 Å². The standard InChI is InChI=1S/C21H28BrN3O4/c1-19(2,3)28-17(26)24-11-21(7)12-25(18(27)29-20(4,5)6)16-13(10-23)8-14(22)9-15(16)21/h8-9H,11-12H2,1-7H3,(H,24,26)/t21-/m1/s1. The molecule has 1 atom stereocenters. The Kier molecular flexibility index (Phi) is 6.24. The van der Waals surface area contributed by atoms with Crippen molar-refractivity contribution in [3.05, 3.63) is 27.7 Å². The first-order valence-corrected chi connectivity index (χ1v) is 10.2. The number of nitrogens with zero attached hydrogens (tertiary/aromatic N) is 2. The zero-order valence-electron chi connectivity index (χ0n) is 18.0. The maximum atomic E-state index is 12.9. The molecule has 2 rings (SSSR count). The third-order valence-electron chi connectivity index (χ3n) is 4.26. The summed E-state index contributed by atoms with van der Waals surface area (Å²) in [5, 5.41) is 12.4. The van der Waals surface area contributed by atoms with E-state index in [2.05, 4.69) is 27.3 Å². The van der Waals surface area contributed by atoms with Gasteiger partial charge >= 0.3 is 12.2 Å². The number of carbonyl (C=O) groups is 2. The number of amides is 2. The van der Waals surface area contributed by atoms with Crippen molar-refractivity contribution in [2.75, 3.05) is 18.0 Å². The van der Waals surface area contributed by atoms with Crippen molar-refractivity contribution >= 4 is 33.8 Å². The topological polar surface area (TPSA) is 91.7 Å². The first kappa shape index (κ1) is 23.0. The van der Waals surface area contributed by atoms with E-state index in [0.29, 0.717) is 11.3 Å². The van der Waals surface area contributed by atoms with E-state index < -0.39 is 28.8 Å². The Morgan fingerprint density at radius 3 is 2.31 bits per heavy atom. The van der Waals surface area contributed by atoms with E-state index >= 15 is 0 Å². The molecule has 0 radical (unpaired) electrons. The van der Waals surface area contributed by atoms with Gasteiger partial charge < -0.3 is 14.8 Å². The zero-order valence-corrected chi connectivity index (χ0v) is 19.6. The Hall–Kier alpha value is -2.27. The fraction of sp³-hybridized carbons (Fsp3) is 0.571. The molecular weight excluding hydrogens is 438 g/mol. The van der Waals surface area contributed by atoms with Crippen LogP contribution in [0.5, 0.6) is 0 Å². The molecule has 0 fully saturated rings. The van der Waals surface area contributed by atoms with E-state index in [1.165, 1.54) is 4.90 Å². The molecule has 1 N–H and O–H groups in total. The van der Waals surface area contributed by atoms with Gasteiger partial charge in [-0.2, -0.15) is 5.26 Å². The van der Waals surface area contributed by atoms with Gasteiger partial charge in [-0.05, 0) is 59.2 Å². The molecule has 8 heteroatoms. The van der Waals surface area contributed by atoms with E-state index in [0.717, 1.165) is 10.0 Å². The zero-order chi connectivity index (χ0) is 22.2. The van der Waals surface area contributed by atoms with Crippen LogP contribution in [0.2, 0.25) is 0 Å². The second-order valence-corrected chi connectivity index (χ2v) is 10.4. The first-order valence-electron chi connectivity index (χ1n) is 9.37. The quantitative estimate of drug-likeness (QED) is 0.672. The van der Waals surface area contributed by atoms with Crippen LogP contribution in [0.1, 0.15) is 59.6 Å². The highest BCUT2D eigenvalue weighted by Crippen LogP contribution is 2.44. The molecule has 1 aliphatic rings. The second-order valence-electron chi connectivity index (χ2n) is 9.44. The van der Waals surface area contributed by atoms with Gasteiger partial charge in [-0.3, -0.25) is 4.90 Å². The number of carbonyl (C=O) groups excluding carboxylic acids is 2. The number of rotatable bonds is 2. The number of alkyl carbamates (subject to hydrolysis) is 1. The van der Waals surface area contributed by atoms with E-state index in [9.17, 15) is 14.9 Å². The van der Waals surface area contributed by atoms with Gasteiger partial charge in [0.05, 0.1) is 11.3 Å². The van der Waals surface area contributed by atoms with Gasteiger partial charge in [0.2, 0.25) is 0 Å². The van der Waals surface area contributed by atoms with Gasteiger partial charge in [0.1, 0.15) is 17.3 Å². The van der Waals surface area contributed by atoms with Crippen LogP contribution in [0.15, 0.2) is 16.6 Å². The van der Waals surface area contributed by atoms with Gasteiger partial charge in [-0.25, -0.2) is 9.59 Å². The minimum absolute atomic E-state index is 0.232. The molecule has 1 heterocycles. The lowest BCUT2D eigenvalue weighted by molar-refractivity contribution is 0.0517. The highest BCUT2D eigenvalue weighted by molar-refractivity contribution is 9.10. The Morgan fingerprint density at radius 1 is 1.21 bits per heavy atom. The van der Waals surface area contributed by atoms with Gasteiger partial charge in [0.25, 0.3) is 0 Å². The van der Waals surface area contributed by atoms with Gasteiger partial charge in [0, 0.05) is 23.0 Å². The molecule has 0 saturated carbocycles. The smallest absolute Gasteiger partial charge is 0.414 e. The summed E-state index contributed by atoms with van der Waals surface area (Å²) in [4.78, 5) is 26.5. The lowest BCUT2D eigenvalue weighted by atomic mass is 9.84. The second kappa shape index (κ2) is 7.86. The maximum absolute atomic E-state index is 12.9. The van der Waals surface area contributed by atoms with Crippen LogP contribution in [-0.2, 0) is 14.9 Å². The minimum atomic E-state index is -0.673. The molecule has 7 nitrogen and oxygen atoms in total. The monoisotopic (exact) mass is 465 g/mol. The van der Waals surface area contributed by atoms with Crippen LogP contribution in [0.4, 0.5) is 15.3 Å². The molecule has 0 spiro atoms. The summed E-state index contributed by atoms with van der Waals surface area (Å²) in [6, 6.07) is 5.70. The van der Waals surface area contributed by atoms with E-state index in [1.807, 2.05) is 13.0 Å². The van der Waals surface area contributed by atoms with E-state index in [-0.39, 0.29) is 13.1 Å². The van der Waals surface area contributed by atoms with Crippen molar-refractivity contribution in [2.45, 2.75) is 65.1 Å². The van der Waals surface area contributed by atoms with Gasteiger partial charge in [0.15, 0.2) is 0 Å². The normalized spacial score (nSPS) is 18.7. The van der Waals surface area contributed by atoms with Crippen molar-refractivity contribution in [3.63, 3.8) is 0 Å². The number of nitrogens with one attached hydrogen (secondary N) is 1. The lowest BCUT2D eigenvalue weighted by Gasteiger charge is -2.28. The van der Waals surface area contributed by atoms with Crippen LogP contribution < -0.4 is 10.2 Å². The van der Waals surface area contributed by atoms with E-state index in [4.69, 9.17) is 9.47 Å². The fourth-order valence-electron chi connectivity index (χ4n) is 3.15. The molecule has 158 valence electrons. The minimum Gasteiger partial charge on any atom is -0.444 e. The van der Waals surface area contributed by atoms with Crippen LogP contribution in [-0.4, -0.2) is 36.5 Å². The highest BCUT2D eigenvalue weighted by atomic mass is 79.9. The summed E-state index contributed by atoms with van der Waals surface area (Å²) in [5.74, 6) is 0. The van der Waals surface area contributed by atoms with Crippen LogP contribution in [0.25, 0.3) is 0 Å². The Balaban J connectivity index is 2.39. The summed E-state index contributed by atoms with van der Waals surface area (Å²) in [5.41, 5.74) is -0.255. The third-order valence-corrected chi connectivity index (χ3v) is 4.72. The average molecular weight is 466 g/mol. The number of ether oxygens (including phenoxy) is 2. The summed E-state index contributed by atoms with van der Waals surface area (Å²) in [6.45, 7) is 13.2. The van der Waals surface area contributed by atoms with Crippen molar-refractivity contribution in [3.8, 4) is 6.07 Å². The predicted molar refractivity (Wildman–Crippen MR) is 114 cm³/mol. The third kappa shape index (κ3) is 5.63. The fourth-order valence-corrected chi connectivity index (χ4v) is 3.61. The largest absolute Gasteiger partial charge is 0.444 e. The molecule has 2 amide bonds. The molecule has 1 aromatic rings. The molecular formula is C21H28BrN3O4. The molecule has 0 saturated heterocycles. The molecule has 1 aliphatic heterocycles. The Labute approximate surface area is 180 Å². The Bertz CT molecular complexity index is 864. The number of hydrogen-bond acceptors (Lipinski definition) is 5. The molecule has 0 bridgehead atoms. The SMILES string of the molecule is CC(C)(C)OC(=O)NC[C@]1(C)CN(C(=O)OC(C)(C)C)c2c(C#N)cc(Br)cc21. The van der Waals surface area contributed by atoms with Gasteiger partial charge in [-0.15, -0.1) is 0 Å². The maximum Gasteiger partial charge on any atom is 0.414 e. The number of benzene rings is 1. The van der Waals surface area contributed by atoms with E-state index in [1.54, 1.807) is 47.6 Å². The number of halogens is 1. The summed E-state index contributed by atoms with van der Waals surface area (Å²) >= 11 is 3.44. The molecule has 1 aromatic carbocycles. The van der Waals surface area contributed by atoms with Crippen molar-refractivity contribution in [2.24, 2.45) is 0 Å². The lowest BCUT2D eigenvalue weighted by Crippen LogP contribution is -2.45. The van der Waals surface area contributed by atoms with Crippen LogP contribution >= 0.6 is 15.9 Å². The van der Waals surface area contributed by atoms with Crippen molar-refractivity contribution in [1.82, 2.24) is 5.32 Å². The number of fused-ring (bicyclic) bond motifs is 1. The predicted octanol–water partition coefficient (Wildman–Crippen LogP) is 4.86. The molecule has 29 heavy (non-hydrogen) atoms. The number of hydrogen-bond donors (Lipinski definition) is 1. The first-order chi connectivity index (χ1) is 13.1. The van der Waals surface area contributed by atoms with Crippen LogP contribution in [0, 0.1) is 11.3 Å². The summed E-state index contributed by atoms with van der Waals surface area (Å²) in [6.07, 6.45) is -1.06. The molecule has 0 aliphatic carbocycles. The van der Waals surface area contributed by atoms with Gasteiger partial charge in [-0.1, -0.05) is 22.9 Å². The summed E-state index contributed by atoms with van der Waals surface area (Å²) in [7, 11) is 0. The average Bonchev–Trinajstić information content (AvgIpc) is 2.83. The molecule has 0 aromatic heterocycles. The molecule has 0 unspecified atom stereocenters. The van der Waals surface area contributed by atoms with Crippen molar-refractivity contribution < 1.29 is 19.1 Å². The summed E-state index contributed by atoms with van der Waals surface area (Å²) < 4.78 is 11.6. The number of nitriles is 1. The Morgan fingerprint density at radius 2 is 1.79 bits per heavy atom.